The molecule has 1 aliphatic carbocycles. The summed E-state index contributed by atoms with van der Waals surface area (Å²) in [6.07, 6.45) is 3.99. The summed E-state index contributed by atoms with van der Waals surface area (Å²) >= 11 is 6.11. The van der Waals surface area contributed by atoms with Gasteiger partial charge in [-0.25, -0.2) is 9.78 Å². The predicted molar refractivity (Wildman–Crippen MR) is 91.6 cm³/mol. The quantitative estimate of drug-likeness (QED) is 0.750. The van der Waals surface area contributed by atoms with Crippen molar-refractivity contribution in [2.75, 3.05) is 5.32 Å². The maximum absolute atomic E-state index is 12.9. The number of nitrogens with one attached hydrogen (secondary N) is 2. The van der Waals surface area contributed by atoms with Gasteiger partial charge in [0.15, 0.2) is 0 Å². The lowest BCUT2D eigenvalue weighted by atomic mass is 10.0. The van der Waals surface area contributed by atoms with Crippen molar-refractivity contribution in [3.63, 3.8) is 0 Å². The number of anilines is 1. The average Bonchev–Trinajstić information content (AvgIpc) is 3.00. The number of rotatable bonds is 2. The van der Waals surface area contributed by atoms with Crippen molar-refractivity contribution in [1.29, 1.82) is 0 Å². The largest absolute Gasteiger partial charge is 0.346 e. The number of pyridine rings is 1. The summed E-state index contributed by atoms with van der Waals surface area (Å²) in [5.41, 5.74) is 2.72. The lowest BCUT2D eigenvalue weighted by Gasteiger charge is -2.13. The fourth-order valence-corrected chi connectivity index (χ4v) is 3.29. The first kappa shape index (κ1) is 14.8. The molecule has 1 amide bonds. The van der Waals surface area contributed by atoms with E-state index < -0.39 is 5.69 Å². The normalized spacial score (nSPS) is 13.0. The molecular weight excluding hydrogens is 328 g/mol. The van der Waals surface area contributed by atoms with E-state index in [-0.39, 0.29) is 5.91 Å². The minimum Gasteiger partial charge on any atom is -0.308 e. The molecule has 0 saturated carbocycles. The number of amides is 1. The maximum Gasteiger partial charge on any atom is 0.346 e. The minimum atomic E-state index is -0.513. The molecule has 24 heavy (non-hydrogen) atoms. The summed E-state index contributed by atoms with van der Waals surface area (Å²) in [7, 11) is 0. The summed E-state index contributed by atoms with van der Waals surface area (Å²) in [6, 6.07) is 6.88. The van der Waals surface area contributed by atoms with E-state index in [1.165, 1.54) is 12.3 Å². The Balaban J connectivity index is 1.87. The number of benzene rings is 1. The standard InChI is InChI=1S/C17H13ClN4O2/c18-9-4-5-13-11(8-9)15(10-2-1-3-12(10)20-13)16(23)21-14-6-7-19-17(24)22-14/h4-8H,1-3H2,(H2,19,21,22,23,24). The zero-order valence-corrected chi connectivity index (χ0v) is 13.4. The number of aromatic nitrogens is 3. The number of hydrogen-bond donors (Lipinski definition) is 2. The Labute approximate surface area is 141 Å². The molecule has 3 aromatic rings. The Kier molecular flexibility index (Phi) is 3.54. The van der Waals surface area contributed by atoms with Crippen LogP contribution in [0, 0.1) is 0 Å². The molecule has 7 heteroatoms. The number of nitrogens with zero attached hydrogens (tertiary/aromatic N) is 2. The van der Waals surface area contributed by atoms with E-state index in [1.807, 2.05) is 6.07 Å². The number of H-pyrrole nitrogens is 1. The van der Waals surface area contributed by atoms with Crippen LogP contribution in [0.15, 0.2) is 35.3 Å². The number of carbonyl (C=O) groups excluding carboxylic acids is 1. The molecule has 1 aliphatic rings. The summed E-state index contributed by atoms with van der Waals surface area (Å²) in [4.78, 5) is 34.9. The maximum atomic E-state index is 12.9. The van der Waals surface area contributed by atoms with Crippen molar-refractivity contribution in [2.45, 2.75) is 19.3 Å². The molecule has 0 fully saturated rings. The molecule has 0 radical (unpaired) electrons. The van der Waals surface area contributed by atoms with Gasteiger partial charge in [0, 0.05) is 22.3 Å². The molecule has 120 valence electrons. The predicted octanol–water partition coefficient (Wildman–Crippen LogP) is 2.71. The van der Waals surface area contributed by atoms with Gasteiger partial charge >= 0.3 is 5.69 Å². The van der Waals surface area contributed by atoms with Gasteiger partial charge in [0.05, 0.1) is 11.1 Å². The SMILES string of the molecule is O=C(Nc1ccnc(=O)[nH]1)c1c2c(nc3ccc(Cl)cc13)CCC2. The molecule has 0 spiro atoms. The van der Waals surface area contributed by atoms with E-state index in [9.17, 15) is 9.59 Å². The Hall–Kier alpha value is -2.73. The highest BCUT2D eigenvalue weighted by atomic mass is 35.5. The Morgan fingerprint density at radius 2 is 2.12 bits per heavy atom. The second-order valence-corrected chi connectivity index (χ2v) is 6.11. The van der Waals surface area contributed by atoms with Crippen molar-refractivity contribution >= 4 is 34.2 Å². The summed E-state index contributed by atoms with van der Waals surface area (Å²) in [5, 5.41) is 4.00. The molecule has 2 N–H and O–H groups in total. The third-order valence-corrected chi connectivity index (χ3v) is 4.36. The molecule has 2 heterocycles. The molecule has 0 saturated heterocycles. The lowest BCUT2D eigenvalue weighted by Crippen LogP contribution is -2.19. The van der Waals surface area contributed by atoms with E-state index in [4.69, 9.17) is 11.6 Å². The summed E-state index contributed by atoms with van der Waals surface area (Å²) < 4.78 is 0. The summed E-state index contributed by atoms with van der Waals surface area (Å²) in [5.74, 6) is 0.0170. The van der Waals surface area contributed by atoms with Crippen LogP contribution in [0.2, 0.25) is 5.02 Å². The number of halogens is 1. The second kappa shape index (κ2) is 5.72. The van der Waals surface area contributed by atoms with E-state index >= 15 is 0 Å². The molecule has 0 unspecified atom stereocenters. The van der Waals surface area contributed by atoms with Gasteiger partial charge in [0.25, 0.3) is 5.91 Å². The molecule has 6 nitrogen and oxygen atoms in total. The van der Waals surface area contributed by atoms with Crippen molar-refractivity contribution in [1.82, 2.24) is 15.0 Å². The molecular formula is C17H13ClN4O2. The van der Waals surface area contributed by atoms with Gasteiger partial charge in [-0.1, -0.05) is 11.6 Å². The van der Waals surface area contributed by atoms with Crippen LogP contribution in [0.1, 0.15) is 28.0 Å². The monoisotopic (exact) mass is 340 g/mol. The highest BCUT2D eigenvalue weighted by molar-refractivity contribution is 6.31. The number of hydrogen-bond acceptors (Lipinski definition) is 4. The first-order valence-corrected chi connectivity index (χ1v) is 7.97. The van der Waals surface area contributed by atoms with E-state index in [1.54, 1.807) is 12.1 Å². The third kappa shape index (κ3) is 2.55. The molecule has 4 rings (SSSR count). The number of fused-ring (bicyclic) bond motifs is 2. The number of carbonyl (C=O) groups is 1. The molecule has 0 atom stereocenters. The highest BCUT2D eigenvalue weighted by Gasteiger charge is 2.24. The van der Waals surface area contributed by atoms with Crippen molar-refractivity contribution in [3.05, 3.63) is 62.8 Å². The highest BCUT2D eigenvalue weighted by Crippen LogP contribution is 2.31. The Morgan fingerprint density at radius 3 is 2.96 bits per heavy atom. The van der Waals surface area contributed by atoms with Gasteiger partial charge in [-0.15, -0.1) is 0 Å². The topological polar surface area (TPSA) is 87.7 Å². The van der Waals surface area contributed by atoms with Crippen LogP contribution in [0.3, 0.4) is 0 Å². The Bertz CT molecular complexity index is 1030. The van der Waals surface area contributed by atoms with Gasteiger partial charge in [0.2, 0.25) is 0 Å². The zero-order valence-electron chi connectivity index (χ0n) is 12.6. The average molecular weight is 341 g/mol. The molecule has 1 aromatic carbocycles. The smallest absolute Gasteiger partial charge is 0.308 e. The van der Waals surface area contributed by atoms with Gasteiger partial charge in [-0.3, -0.25) is 14.8 Å². The fraction of sp³-hybridized carbons (Fsp3) is 0.176. The first-order valence-electron chi connectivity index (χ1n) is 7.59. The molecule has 0 bridgehead atoms. The number of aryl methyl sites for hydroxylation is 1. The minimum absolute atomic E-state index is 0.287. The van der Waals surface area contributed by atoms with Gasteiger partial charge in [0.1, 0.15) is 5.82 Å². The van der Waals surface area contributed by atoms with Gasteiger partial charge in [-0.2, -0.15) is 0 Å². The van der Waals surface area contributed by atoms with Crippen molar-refractivity contribution < 1.29 is 4.79 Å². The van der Waals surface area contributed by atoms with Crippen LogP contribution in [0.4, 0.5) is 5.82 Å². The van der Waals surface area contributed by atoms with Crippen molar-refractivity contribution in [2.24, 2.45) is 0 Å². The van der Waals surface area contributed by atoms with E-state index in [0.717, 1.165) is 41.4 Å². The first-order chi connectivity index (χ1) is 11.6. The Morgan fingerprint density at radius 1 is 1.25 bits per heavy atom. The van der Waals surface area contributed by atoms with Crippen LogP contribution in [0.25, 0.3) is 10.9 Å². The third-order valence-electron chi connectivity index (χ3n) is 4.12. The van der Waals surface area contributed by atoms with Crippen LogP contribution < -0.4 is 11.0 Å². The van der Waals surface area contributed by atoms with E-state index in [0.29, 0.717) is 16.4 Å². The van der Waals surface area contributed by atoms with Gasteiger partial charge < -0.3 is 5.32 Å². The summed E-state index contributed by atoms with van der Waals surface area (Å²) in [6.45, 7) is 0. The molecule has 0 aliphatic heterocycles. The number of aromatic amines is 1. The lowest BCUT2D eigenvalue weighted by molar-refractivity contribution is 0.102. The van der Waals surface area contributed by atoms with Gasteiger partial charge in [-0.05, 0) is 49.1 Å². The van der Waals surface area contributed by atoms with Crippen LogP contribution in [0.5, 0.6) is 0 Å². The van der Waals surface area contributed by atoms with Crippen LogP contribution in [-0.4, -0.2) is 20.9 Å². The molecule has 2 aromatic heterocycles. The fourth-order valence-electron chi connectivity index (χ4n) is 3.12. The van der Waals surface area contributed by atoms with Crippen LogP contribution >= 0.6 is 11.6 Å². The van der Waals surface area contributed by atoms with Crippen LogP contribution in [-0.2, 0) is 12.8 Å². The van der Waals surface area contributed by atoms with Crippen molar-refractivity contribution in [3.8, 4) is 0 Å². The zero-order chi connectivity index (χ0) is 16.7. The second-order valence-electron chi connectivity index (χ2n) is 5.67. The van der Waals surface area contributed by atoms with E-state index in [2.05, 4.69) is 20.3 Å².